The van der Waals surface area contributed by atoms with Crippen molar-refractivity contribution in [2.45, 2.75) is 13.5 Å². The van der Waals surface area contributed by atoms with Crippen molar-refractivity contribution in [3.8, 4) is 0 Å². The highest BCUT2D eigenvalue weighted by Gasteiger charge is 2.05. The van der Waals surface area contributed by atoms with Crippen LogP contribution in [0.2, 0.25) is 0 Å². The topological polar surface area (TPSA) is 38.5 Å². The molecule has 1 aromatic rings. The fraction of sp³-hybridized carbons (Fsp3) is 0.500. The molecule has 0 aliphatic rings. The summed E-state index contributed by atoms with van der Waals surface area (Å²) in [6, 6.07) is 6.20. The Morgan fingerprint density at radius 1 is 1.44 bits per heavy atom. The van der Waals surface area contributed by atoms with Gasteiger partial charge in [-0.2, -0.15) is 0 Å². The predicted octanol–water partition coefficient (Wildman–Crippen LogP) is 2.38. The van der Waals surface area contributed by atoms with Gasteiger partial charge in [0.05, 0.1) is 12.3 Å². The second-order valence-corrected chi connectivity index (χ2v) is 4.46. The SMILES string of the molecule is CCOCCN(C)c1ccc(CN)cc1Br. The van der Waals surface area contributed by atoms with E-state index < -0.39 is 0 Å². The highest BCUT2D eigenvalue weighted by molar-refractivity contribution is 9.10. The van der Waals surface area contributed by atoms with E-state index in [4.69, 9.17) is 10.5 Å². The van der Waals surface area contributed by atoms with Crippen molar-refractivity contribution in [1.29, 1.82) is 0 Å². The van der Waals surface area contributed by atoms with E-state index in [-0.39, 0.29) is 0 Å². The third-order valence-electron chi connectivity index (χ3n) is 2.43. The smallest absolute Gasteiger partial charge is 0.0641 e. The average molecular weight is 287 g/mol. The van der Waals surface area contributed by atoms with Crippen LogP contribution in [-0.2, 0) is 11.3 Å². The Kier molecular flexibility index (Phi) is 5.80. The maximum absolute atomic E-state index is 5.59. The molecule has 0 bridgehead atoms. The van der Waals surface area contributed by atoms with E-state index in [1.807, 2.05) is 6.92 Å². The first kappa shape index (κ1) is 13.5. The summed E-state index contributed by atoms with van der Waals surface area (Å²) in [4.78, 5) is 2.17. The van der Waals surface area contributed by atoms with Crippen LogP contribution in [0.15, 0.2) is 22.7 Å². The highest BCUT2D eigenvalue weighted by Crippen LogP contribution is 2.26. The van der Waals surface area contributed by atoms with Crippen LogP contribution in [0.3, 0.4) is 0 Å². The van der Waals surface area contributed by atoms with Crippen LogP contribution in [0.4, 0.5) is 5.69 Å². The zero-order chi connectivity index (χ0) is 12.0. The van der Waals surface area contributed by atoms with Gasteiger partial charge in [-0.3, -0.25) is 0 Å². The lowest BCUT2D eigenvalue weighted by Gasteiger charge is -2.21. The molecular weight excluding hydrogens is 268 g/mol. The maximum atomic E-state index is 5.59. The Morgan fingerprint density at radius 3 is 2.75 bits per heavy atom. The minimum Gasteiger partial charge on any atom is -0.380 e. The number of anilines is 1. The van der Waals surface area contributed by atoms with Crippen LogP contribution >= 0.6 is 15.9 Å². The maximum Gasteiger partial charge on any atom is 0.0641 e. The molecule has 0 atom stereocenters. The lowest BCUT2D eigenvalue weighted by molar-refractivity contribution is 0.154. The molecule has 0 amide bonds. The lowest BCUT2D eigenvalue weighted by Crippen LogP contribution is -2.23. The standard InChI is InChI=1S/C12H19BrN2O/c1-3-16-7-6-15(2)12-5-4-10(9-14)8-11(12)13/h4-5,8H,3,6-7,9,14H2,1-2H3. The van der Waals surface area contributed by atoms with Gasteiger partial charge in [-0.15, -0.1) is 0 Å². The van der Waals surface area contributed by atoms with E-state index in [0.29, 0.717) is 6.54 Å². The first-order valence-corrected chi connectivity index (χ1v) is 6.25. The summed E-state index contributed by atoms with van der Waals surface area (Å²) in [7, 11) is 2.06. The number of hydrogen-bond donors (Lipinski definition) is 1. The first-order valence-electron chi connectivity index (χ1n) is 5.46. The minimum atomic E-state index is 0.571. The lowest BCUT2D eigenvalue weighted by atomic mass is 10.2. The van der Waals surface area contributed by atoms with E-state index in [9.17, 15) is 0 Å². The zero-order valence-electron chi connectivity index (χ0n) is 9.87. The summed E-state index contributed by atoms with van der Waals surface area (Å²) in [5, 5.41) is 0. The Labute approximate surface area is 106 Å². The molecule has 0 saturated carbocycles. The number of halogens is 1. The van der Waals surface area contributed by atoms with Gasteiger partial charge in [-0.05, 0) is 40.5 Å². The van der Waals surface area contributed by atoms with Crippen LogP contribution in [-0.4, -0.2) is 26.8 Å². The molecule has 3 nitrogen and oxygen atoms in total. The summed E-state index contributed by atoms with van der Waals surface area (Å²) >= 11 is 3.56. The van der Waals surface area contributed by atoms with Crippen molar-refractivity contribution in [2.75, 3.05) is 31.7 Å². The number of ether oxygens (including phenoxy) is 1. The summed E-state index contributed by atoms with van der Waals surface area (Å²) in [5.41, 5.74) is 7.89. The van der Waals surface area contributed by atoms with Crippen molar-refractivity contribution >= 4 is 21.6 Å². The third kappa shape index (κ3) is 3.77. The first-order chi connectivity index (χ1) is 7.69. The second-order valence-electron chi connectivity index (χ2n) is 3.61. The van der Waals surface area contributed by atoms with Gasteiger partial charge in [0, 0.05) is 31.2 Å². The van der Waals surface area contributed by atoms with Crippen LogP contribution in [0.1, 0.15) is 12.5 Å². The summed E-state index contributed by atoms with van der Waals surface area (Å²) in [5.74, 6) is 0. The van der Waals surface area contributed by atoms with Gasteiger partial charge < -0.3 is 15.4 Å². The molecule has 0 heterocycles. The van der Waals surface area contributed by atoms with E-state index >= 15 is 0 Å². The Morgan fingerprint density at radius 2 is 2.19 bits per heavy atom. The van der Waals surface area contributed by atoms with Crippen molar-refractivity contribution in [3.63, 3.8) is 0 Å². The highest BCUT2D eigenvalue weighted by atomic mass is 79.9. The van der Waals surface area contributed by atoms with Crippen LogP contribution in [0, 0.1) is 0 Å². The summed E-state index contributed by atoms with van der Waals surface area (Å²) in [6.07, 6.45) is 0. The zero-order valence-corrected chi connectivity index (χ0v) is 11.5. The molecule has 0 aliphatic carbocycles. The molecule has 0 spiro atoms. The molecule has 0 unspecified atom stereocenters. The van der Waals surface area contributed by atoms with Gasteiger partial charge in [-0.1, -0.05) is 6.07 Å². The van der Waals surface area contributed by atoms with Gasteiger partial charge in [0.15, 0.2) is 0 Å². The molecule has 90 valence electrons. The molecule has 0 aliphatic heterocycles. The number of nitrogens with two attached hydrogens (primary N) is 1. The number of hydrogen-bond acceptors (Lipinski definition) is 3. The molecule has 0 fully saturated rings. The van der Waals surface area contributed by atoms with Crippen LogP contribution in [0.5, 0.6) is 0 Å². The molecule has 2 N–H and O–H groups in total. The fourth-order valence-electron chi connectivity index (χ4n) is 1.45. The summed E-state index contributed by atoms with van der Waals surface area (Å²) < 4.78 is 6.41. The van der Waals surface area contributed by atoms with Crippen molar-refractivity contribution in [2.24, 2.45) is 5.73 Å². The second kappa shape index (κ2) is 6.89. The molecule has 16 heavy (non-hydrogen) atoms. The molecule has 0 radical (unpaired) electrons. The van der Waals surface area contributed by atoms with Crippen molar-refractivity contribution in [1.82, 2.24) is 0 Å². The van der Waals surface area contributed by atoms with Gasteiger partial charge in [0.25, 0.3) is 0 Å². The molecule has 1 rings (SSSR count). The van der Waals surface area contributed by atoms with Crippen LogP contribution < -0.4 is 10.6 Å². The molecule has 4 heteroatoms. The minimum absolute atomic E-state index is 0.571. The Balaban J connectivity index is 2.64. The number of rotatable bonds is 6. The monoisotopic (exact) mass is 286 g/mol. The van der Waals surface area contributed by atoms with Crippen LogP contribution in [0.25, 0.3) is 0 Å². The van der Waals surface area contributed by atoms with Gasteiger partial charge in [-0.25, -0.2) is 0 Å². The largest absolute Gasteiger partial charge is 0.380 e. The predicted molar refractivity (Wildman–Crippen MR) is 71.8 cm³/mol. The van der Waals surface area contributed by atoms with E-state index in [2.05, 4.69) is 46.1 Å². The molecule has 1 aromatic carbocycles. The Hall–Kier alpha value is -0.580. The van der Waals surface area contributed by atoms with Crippen molar-refractivity contribution < 1.29 is 4.74 Å². The number of likely N-dealkylation sites (N-methyl/N-ethyl adjacent to an activating group) is 1. The van der Waals surface area contributed by atoms with Gasteiger partial charge >= 0.3 is 0 Å². The average Bonchev–Trinajstić information content (AvgIpc) is 2.29. The number of nitrogens with zero attached hydrogens (tertiary/aromatic N) is 1. The van der Waals surface area contributed by atoms with E-state index in [1.54, 1.807) is 0 Å². The Bertz CT molecular complexity index is 331. The van der Waals surface area contributed by atoms with E-state index in [0.717, 1.165) is 35.5 Å². The molecule has 0 aromatic heterocycles. The van der Waals surface area contributed by atoms with E-state index in [1.165, 1.54) is 0 Å². The van der Waals surface area contributed by atoms with Gasteiger partial charge in [0.2, 0.25) is 0 Å². The molecular formula is C12H19BrN2O. The molecule has 0 saturated heterocycles. The fourth-order valence-corrected chi connectivity index (χ4v) is 2.18. The normalized spacial score (nSPS) is 10.5. The third-order valence-corrected chi connectivity index (χ3v) is 3.07. The number of benzene rings is 1. The van der Waals surface area contributed by atoms with Crippen molar-refractivity contribution in [3.05, 3.63) is 28.2 Å². The summed E-state index contributed by atoms with van der Waals surface area (Å²) in [6.45, 7) is 4.97. The quantitative estimate of drug-likeness (QED) is 0.816. The van der Waals surface area contributed by atoms with Gasteiger partial charge in [0.1, 0.15) is 0 Å².